The Kier molecular flexibility index (Phi) is 9.12. The Hall–Kier alpha value is -3.92. The summed E-state index contributed by atoms with van der Waals surface area (Å²) in [5, 5.41) is 39.8. The molecule has 0 saturated carbocycles. The summed E-state index contributed by atoms with van der Waals surface area (Å²) in [7, 11) is 0. The fourth-order valence-corrected chi connectivity index (χ4v) is 5.60. The van der Waals surface area contributed by atoms with Gasteiger partial charge in [-0.05, 0) is 122 Å². The van der Waals surface area contributed by atoms with Gasteiger partial charge in [0.05, 0.1) is 0 Å². The summed E-state index contributed by atoms with van der Waals surface area (Å²) in [6, 6.07) is 16.3. The molecule has 0 aliphatic heterocycles. The minimum atomic E-state index is -0.188. The van der Waals surface area contributed by atoms with Gasteiger partial charge in [-0.15, -0.1) is 0 Å². The number of aryl methyl sites for hydroxylation is 8. The lowest BCUT2D eigenvalue weighted by Crippen LogP contribution is -2.19. The Bertz CT molecular complexity index is 1310. The molecule has 0 bridgehead atoms. The van der Waals surface area contributed by atoms with Gasteiger partial charge in [-0.3, -0.25) is 0 Å². The second kappa shape index (κ2) is 11.8. The molecule has 4 nitrogen and oxygen atoms in total. The molecular formula is C38H48O4. The van der Waals surface area contributed by atoms with E-state index in [1.54, 1.807) is 0 Å². The molecule has 0 saturated heterocycles. The maximum absolute atomic E-state index is 9.96. The average molecular weight is 569 g/mol. The predicted molar refractivity (Wildman–Crippen MR) is 175 cm³/mol. The van der Waals surface area contributed by atoms with Gasteiger partial charge in [0.15, 0.2) is 0 Å². The highest BCUT2D eigenvalue weighted by Gasteiger charge is 2.27. The van der Waals surface area contributed by atoms with Gasteiger partial charge in [0, 0.05) is 10.8 Å². The number of phenolic OH excluding ortho intramolecular Hbond substituents is 4. The first-order valence-corrected chi connectivity index (χ1v) is 14.5. The first-order valence-electron chi connectivity index (χ1n) is 14.5. The zero-order valence-electron chi connectivity index (χ0n) is 27.4. The number of benzene rings is 4. The van der Waals surface area contributed by atoms with Gasteiger partial charge >= 0.3 is 0 Å². The Balaban J connectivity index is 0.000000230. The second-order valence-electron chi connectivity index (χ2n) is 13.1. The highest BCUT2D eigenvalue weighted by atomic mass is 16.3. The summed E-state index contributed by atoms with van der Waals surface area (Å²) in [6.07, 6.45) is 0. The molecule has 0 aliphatic carbocycles. The number of hydrogen-bond donors (Lipinski definition) is 4. The smallest absolute Gasteiger partial charge is 0.121 e. The lowest BCUT2D eigenvalue weighted by atomic mass is 9.76. The Morgan fingerprint density at radius 1 is 0.310 bits per heavy atom. The highest BCUT2D eigenvalue weighted by molar-refractivity contribution is 5.52. The maximum Gasteiger partial charge on any atom is 0.121 e. The molecule has 4 aromatic carbocycles. The van der Waals surface area contributed by atoms with E-state index in [0.717, 1.165) is 44.5 Å². The molecule has 0 heterocycles. The summed E-state index contributed by atoms with van der Waals surface area (Å²) in [5.74, 6) is 1.47. The van der Waals surface area contributed by atoms with E-state index in [0.29, 0.717) is 23.0 Å². The van der Waals surface area contributed by atoms with Gasteiger partial charge in [0.1, 0.15) is 23.0 Å². The van der Waals surface area contributed by atoms with Crippen LogP contribution in [0.1, 0.15) is 94.5 Å². The van der Waals surface area contributed by atoms with E-state index in [1.165, 1.54) is 22.3 Å². The van der Waals surface area contributed by atoms with E-state index in [9.17, 15) is 20.4 Å². The summed E-state index contributed by atoms with van der Waals surface area (Å²) >= 11 is 0. The van der Waals surface area contributed by atoms with Crippen molar-refractivity contribution in [2.45, 2.75) is 93.9 Å². The SMILES string of the molecule is Cc1cc(C(C)(C)c2cc(C)c(O)c(C)c2)cc(C)c1O.Cc1cc(C(C)(C)c2cc(C)c(O)c(C)c2)cc(C)c1O. The minimum absolute atomic E-state index is 0.188. The van der Waals surface area contributed by atoms with Crippen LogP contribution in [0.3, 0.4) is 0 Å². The van der Waals surface area contributed by atoms with Gasteiger partial charge in [0.25, 0.3) is 0 Å². The Morgan fingerprint density at radius 2 is 0.429 bits per heavy atom. The fraction of sp³-hybridized carbons (Fsp3) is 0.368. The lowest BCUT2D eigenvalue weighted by molar-refractivity contribution is 0.464. The van der Waals surface area contributed by atoms with Crippen LogP contribution < -0.4 is 0 Å². The molecule has 42 heavy (non-hydrogen) atoms. The average Bonchev–Trinajstić information content (AvgIpc) is 2.91. The van der Waals surface area contributed by atoms with Crippen LogP contribution in [-0.4, -0.2) is 20.4 Å². The molecule has 0 aliphatic rings. The molecule has 0 aromatic heterocycles. The van der Waals surface area contributed by atoms with Crippen LogP contribution >= 0.6 is 0 Å². The molecular weight excluding hydrogens is 520 g/mol. The van der Waals surface area contributed by atoms with E-state index in [2.05, 4.69) is 27.7 Å². The molecule has 4 heteroatoms. The van der Waals surface area contributed by atoms with Crippen LogP contribution in [-0.2, 0) is 10.8 Å². The summed E-state index contributed by atoms with van der Waals surface area (Å²) in [6.45, 7) is 24.1. The predicted octanol–water partition coefficient (Wildman–Crippen LogP) is 9.31. The lowest BCUT2D eigenvalue weighted by Gasteiger charge is -2.28. The summed E-state index contributed by atoms with van der Waals surface area (Å²) in [4.78, 5) is 0. The molecule has 0 radical (unpaired) electrons. The molecule has 4 rings (SSSR count). The van der Waals surface area contributed by atoms with Crippen molar-refractivity contribution in [1.29, 1.82) is 0 Å². The zero-order chi connectivity index (χ0) is 31.9. The van der Waals surface area contributed by atoms with Crippen LogP contribution in [0.5, 0.6) is 23.0 Å². The topological polar surface area (TPSA) is 80.9 Å². The number of aromatic hydroxyl groups is 4. The number of rotatable bonds is 4. The molecule has 0 atom stereocenters. The summed E-state index contributed by atoms with van der Waals surface area (Å²) < 4.78 is 0. The Labute approximate surface area is 252 Å². The molecule has 0 unspecified atom stereocenters. The summed E-state index contributed by atoms with van der Waals surface area (Å²) in [5.41, 5.74) is 11.4. The van der Waals surface area contributed by atoms with Crippen molar-refractivity contribution in [3.63, 3.8) is 0 Å². The van der Waals surface area contributed by atoms with Crippen molar-refractivity contribution in [1.82, 2.24) is 0 Å². The molecule has 224 valence electrons. The molecule has 4 N–H and O–H groups in total. The van der Waals surface area contributed by atoms with E-state index < -0.39 is 0 Å². The third kappa shape index (κ3) is 6.28. The first-order chi connectivity index (χ1) is 19.3. The van der Waals surface area contributed by atoms with Gasteiger partial charge < -0.3 is 20.4 Å². The largest absolute Gasteiger partial charge is 0.507 e. The van der Waals surface area contributed by atoms with E-state index >= 15 is 0 Å². The van der Waals surface area contributed by atoms with Gasteiger partial charge in [-0.1, -0.05) is 76.2 Å². The maximum atomic E-state index is 9.96. The van der Waals surface area contributed by atoms with Gasteiger partial charge in [-0.25, -0.2) is 0 Å². The van der Waals surface area contributed by atoms with Crippen LogP contribution in [0, 0.1) is 55.4 Å². The Morgan fingerprint density at radius 3 is 0.548 bits per heavy atom. The van der Waals surface area contributed by atoms with Crippen molar-refractivity contribution >= 4 is 0 Å². The highest BCUT2D eigenvalue weighted by Crippen LogP contribution is 2.39. The molecule has 4 aromatic rings. The fourth-order valence-electron chi connectivity index (χ4n) is 5.60. The van der Waals surface area contributed by atoms with Crippen molar-refractivity contribution in [2.24, 2.45) is 0 Å². The van der Waals surface area contributed by atoms with Crippen LogP contribution in [0.4, 0.5) is 0 Å². The molecule has 0 amide bonds. The quantitative estimate of drug-likeness (QED) is 0.198. The van der Waals surface area contributed by atoms with Crippen molar-refractivity contribution in [3.8, 4) is 23.0 Å². The molecule has 0 spiro atoms. The normalized spacial score (nSPS) is 11.7. The van der Waals surface area contributed by atoms with Crippen molar-refractivity contribution < 1.29 is 20.4 Å². The third-order valence-electron chi connectivity index (χ3n) is 8.85. The van der Waals surface area contributed by atoms with Crippen molar-refractivity contribution in [3.05, 3.63) is 115 Å². The van der Waals surface area contributed by atoms with E-state index in [4.69, 9.17) is 0 Å². The van der Waals surface area contributed by atoms with Gasteiger partial charge in [0.2, 0.25) is 0 Å². The molecule has 0 fully saturated rings. The first kappa shape index (κ1) is 32.6. The van der Waals surface area contributed by atoms with E-state index in [1.807, 2.05) is 104 Å². The van der Waals surface area contributed by atoms with E-state index in [-0.39, 0.29) is 10.8 Å². The standard InChI is InChI=1S/2C19H24O2/c2*1-11-7-15(8-12(2)17(11)20)19(5,6)16-9-13(3)18(21)14(4)10-16/h2*7-10,20-21H,1-6H3. The third-order valence-corrected chi connectivity index (χ3v) is 8.85. The zero-order valence-corrected chi connectivity index (χ0v) is 27.4. The minimum Gasteiger partial charge on any atom is -0.507 e. The van der Waals surface area contributed by atoms with Gasteiger partial charge in [-0.2, -0.15) is 0 Å². The number of phenols is 4. The number of hydrogen-bond acceptors (Lipinski definition) is 4. The van der Waals surface area contributed by atoms with Crippen molar-refractivity contribution in [2.75, 3.05) is 0 Å². The monoisotopic (exact) mass is 568 g/mol. The van der Waals surface area contributed by atoms with Crippen LogP contribution in [0.2, 0.25) is 0 Å². The van der Waals surface area contributed by atoms with Crippen LogP contribution in [0.15, 0.2) is 48.5 Å². The second-order valence-corrected chi connectivity index (χ2v) is 13.1. The van der Waals surface area contributed by atoms with Crippen LogP contribution in [0.25, 0.3) is 0 Å².